The summed E-state index contributed by atoms with van der Waals surface area (Å²) in [5, 5.41) is 16.6. The van der Waals surface area contributed by atoms with Gasteiger partial charge in [0.25, 0.3) is 11.6 Å². The molecule has 0 unspecified atom stereocenters. The SMILES string of the molecule is O=C(NCCCNc1ccc([N+](=O)[O-])cc1)c1ccccc1Br. The first kappa shape index (κ1) is 17.0. The van der Waals surface area contributed by atoms with E-state index in [9.17, 15) is 14.9 Å². The van der Waals surface area contributed by atoms with Crippen LogP contribution < -0.4 is 10.6 Å². The molecule has 0 saturated carbocycles. The highest BCUT2D eigenvalue weighted by Gasteiger charge is 2.08. The summed E-state index contributed by atoms with van der Waals surface area (Å²) in [6.07, 6.45) is 0.743. The number of nitro benzene ring substituents is 1. The van der Waals surface area contributed by atoms with E-state index in [1.165, 1.54) is 12.1 Å². The number of non-ortho nitro benzene ring substituents is 1. The summed E-state index contributed by atoms with van der Waals surface area (Å²) in [6, 6.07) is 13.5. The summed E-state index contributed by atoms with van der Waals surface area (Å²) in [4.78, 5) is 22.1. The molecule has 2 aromatic carbocycles. The van der Waals surface area contributed by atoms with Crippen molar-refractivity contribution in [3.05, 3.63) is 68.7 Å². The Balaban J connectivity index is 1.70. The van der Waals surface area contributed by atoms with Crippen LogP contribution in [-0.2, 0) is 0 Å². The Bertz CT molecular complexity index is 689. The van der Waals surface area contributed by atoms with Gasteiger partial charge in [0.2, 0.25) is 0 Å². The number of nitrogens with one attached hydrogen (secondary N) is 2. The van der Waals surface area contributed by atoms with E-state index in [1.807, 2.05) is 18.2 Å². The van der Waals surface area contributed by atoms with Crippen LogP contribution in [0.2, 0.25) is 0 Å². The predicted molar refractivity (Wildman–Crippen MR) is 92.7 cm³/mol. The molecule has 0 saturated heterocycles. The van der Waals surface area contributed by atoms with Gasteiger partial charge in [0, 0.05) is 35.4 Å². The van der Waals surface area contributed by atoms with Gasteiger partial charge in [-0.05, 0) is 46.6 Å². The lowest BCUT2D eigenvalue weighted by Gasteiger charge is -2.08. The number of hydrogen-bond acceptors (Lipinski definition) is 4. The molecule has 0 fully saturated rings. The molecule has 2 rings (SSSR count). The van der Waals surface area contributed by atoms with Crippen LogP contribution in [0.5, 0.6) is 0 Å². The van der Waals surface area contributed by atoms with E-state index in [2.05, 4.69) is 26.6 Å². The first-order chi connectivity index (χ1) is 11.1. The summed E-state index contributed by atoms with van der Waals surface area (Å²) in [6.45, 7) is 1.20. The fraction of sp³-hybridized carbons (Fsp3) is 0.188. The Hall–Kier alpha value is -2.41. The highest BCUT2D eigenvalue weighted by Crippen LogP contribution is 2.16. The van der Waals surface area contributed by atoms with Gasteiger partial charge >= 0.3 is 0 Å². The van der Waals surface area contributed by atoms with Crippen molar-refractivity contribution < 1.29 is 9.72 Å². The second-order valence-corrected chi connectivity index (χ2v) is 5.67. The summed E-state index contributed by atoms with van der Waals surface area (Å²) >= 11 is 3.34. The minimum Gasteiger partial charge on any atom is -0.385 e. The van der Waals surface area contributed by atoms with E-state index in [1.54, 1.807) is 18.2 Å². The van der Waals surface area contributed by atoms with Gasteiger partial charge < -0.3 is 10.6 Å². The number of nitro groups is 1. The molecular weight excluding hydrogens is 362 g/mol. The van der Waals surface area contributed by atoms with Crippen LogP contribution in [0.1, 0.15) is 16.8 Å². The third-order valence-corrected chi connectivity index (χ3v) is 3.86. The molecule has 2 aromatic rings. The normalized spacial score (nSPS) is 10.1. The summed E-state index contributed by atoms with van der Waals surface area (Å²) in [5.74, 6) is -0.118. The molecule has 7 heteroatoms. The molecule has 6 nitrogen and oxygen atoms in total. The number of anilines is 1. The van der Waals surface area contributed by atoms with E-state index in [-0.39, 0.29) is 11.6 Å². The van der Waals surface area contributed by atoms with Crippen molar-refractivity contribution >= 4 is 33.2 Å². The second kappa shape index (κ2) is 8.28. The molecule has 0 aliphatic carbocycles. The first-order valence-electron chi connectivity index (χ1n) is 7.09. The lowest BCUT2D eigenvalue weighted by atomic mass is 10.2. The third-order valence-electron chi connectivity index (χ3n) is 3.16. The summed E-state index contributed by atoms with van der Waals surface area (Å²) in [5.41, 5.74) is 1.49. The molecule has 2 N–H and O–H groups in total. The zero-order valence-corrected chi connectivity index (χ0v) is 13.9. The van der Waals surface area contributed by atoms with Crippen LogP contribution in [0.15, 0.2) is 53.0 Å². The Kier molecular flexibility index (Phi) is 6.10. The largest absolute Gasteiger partial charge is 0.385 e. The average Bonchev–Trinajstić information content (AvgIpc) is 2.55. The maximum atomic E-state index is 12.0. The minimum absolute atomic E-state index is 0.0660. The third kappa shape index (κ3) is 5.07. The molecule has 0 aliphatic rings. The van der Waals surface area contributed by atoms with E-state index < -0.39 is 4.92 Å². The number of carbonyl (C=O) groups excluding carboxylic acids is 1. The molecule has 0 heterocycles. The van der Waals surface area contributed by atoms with Crippen molar-refractivity contribution in [3.8, 4) is 0 Å². The number of benzene rings is 2. The number of nitrogens with zero attached hydrogens (tertiary/aromatic N) is 1. The monoisotopic (exact) mass is 377 g/mol. The van der Waals surface area contributed by atoms with Crippen molar-refractivity contribution in [2.75, 3.05) is 18.4 Å². The maximum Gasteiger partial charge on any atom is 0.269 e. The molecule has 23 heavy (non-hydrogen) atoms. The predicted octanol–water partition coefficient (Wildman–Crippen LogP) is 3.59. The fourth-order valence-corrected chi connectivity index (χ4v) is 2.43. The smallest absolute Gasteiger partial charge is 0.269 e. The molecule has 0 radical (unpaired) electrons. The van der Waals surface area contributed by atoms with E-state index in [4.69, 9.17) is 0 Å². The zero-order chi connectivity index (χ0) is 16.7. The van der Waals surface area contributed by atoms with Gasteiger partial charge in [0.05, 0.1) is 10.5 Å². The number of rotatable bonds is 7. The fourth-order valence-electron chi connectivity index (χ4n) is 1.96. The Morgan fingerprint density at radius 1 is 1.09 bits per heavy atom. The molecule has 0 aliphatic heterocycles. The van der Waals surface area contributed by atoms with Gasteiger partial charge in [-0.25, -0.2) is 0 Å². The molecule has 0 spiro atoms. The average molecular weight is 378 g/mol. The van der Waals surface area contributed by atoms with Crippen molar-refractivity contribution in [2.45, 2.75) is 6.42 Å². The van der Waals surface area contributed by atoms with Crippen LogP contribution in [-0.4, -0.2) is 23.9 Å². The van der Waals surface area contributed by atoms with Gasteiger partial charge in [-0.2, -0.15) is 0 Å². The van der Waals surface area contributed by atoms with E-state index >= 15 is 0 Å². The van der Waals surface area contributed by atoms with Gasteiger partial charge in [-0.1, -0.05) is 12.1 Å². The van der Waals surface area contributed by atoms with E-state index in [0.717, 1.165) is 16.6 Å². The quantitative estimate of drug-likeness (QED) is 0.438. The molecular formula is C16H16BrN3O3. The molecule has 120 valence electrons. The Labute approximate surface area is 142 Å². The van der Waals surface area contributed by atoms with Gasteiger partial charge in [0.1, 0.15) is 0 Å². The minimum atomic E-state index is -0.430. The van der Waals surface area contributed by atoms with Gasteiger partial charge in [-0.3, -0.25) is 14.9 Å². The van der Waals surface area contributed by atoms with E-state index in [0.29, 0.717) is 18.7 Å². The van der Waals surface area contributed by atoms with Crippen LogP contribution in [0.4, 0.5) is 11.4 Å². The molecule has 0 atom stereocenters. The highest BCUT2D eigenvalue weighted by atomic mass is 79.9. The van der Waals surface area contributed by atoms with Crippen LogP contribution in [0.25, 0.3) is 0 Å². The topological polar surface area (TPSA) is 84.3 Å². The highest BCUT2D eigenvalue weighted by molar-refractivity contribution is 9.10. The Morgan fingerprint density at radius 3 is 2.43 bits per heavy atom. The Morgan fingerprint density at radius 2 is 1.78 bits per heavy atom. The summed E-state index contributed by atoms with van der Waals surface area (Å²) < 4.78 is 0.765. The van der Waals surface area contributed by atoms with Crippen LogP contribution in [0, 0.1) is 10.1 Å². The lowest BCUT2D eigenvalue weighted by Crippen LogP contribution is -2.26. The van der Waals surface area contributed by atoms with Gasteiger partial charge in [-0.15, -0.1) is 0 Å². The van der Waals surface area contributed by atoms with Crippen molar-refractivity contribution in [3.63, 3.8) is 0 Å². The number of halogens is 1. The number of hydrogen-bond donors (Lipinski definition) is 2. The van der Waals surface area contributed by atoms with Crippen molar-refractivity contribution in [2.24, 2.45) is 0 Å². The van der Waals surface area contributed by atoms with Gasteiger partial charge in [0.15, 0.2) is 0 Å². The first-order valence-corrected chi connectivity index (χ1v) is 7.88. The van der Waals surface area contributed by atoms with Crippen molar-refractivity contribution in [1.82, 2.24) is 5.32 Å². The number of carbonyl (C=O) groups is 1. The number of amides is 1. The molecule has 0 bridgehead atoms. The van der Waals surface area contributed by atoms with Crippen LogP contribution >= 0.6 is 15.9 Å². The molecule has 0 aromatic heterocycles. The standard InChI is InChI=1S/C16H16BrN3O3/c17-15-5-2-1-4-14(15)16(21)19-11-3-10-18-12-6-8-13(9-7-12)20(22)23/h1-2,4-9,18H,3,10-11H2,(H,19,21). The van der Waals surface area contributed by atoms with Crippen molar-refractivity contribution in [1.29, 1.82) is 0 Å². The lowest BCUT2D eigenvalue weighted by molar-refractivity contribution is -0.384. The summed E-state index contributed by atoms with van der Waals surface area (Å²) in [7, 11) is 0. The molecule has 1 amide bonds. The zero-order valence-electron chi connectivity index (χ0n) is 12.3. The maximum absolute atomic E-state index is 12.0. The second-order valence-electron chi connectivity index (χ2n) is 4.82. The van der Waals surface area contributed by atoms with Crippen LogP contribution in [0.3, 0.4) is 0 Å².